The Morgan fingerprint density at radius 1 is 1.23 bits per heavy atom. The third-order valence-electron chi connectivity index (χ3n) is 3.71. The van der Waals surface area contributed by atoms with Crippen molar-refractivity contribution in [2.75, 3.05) is 20.8 Å². The molecule has 0 unspecified atom stereocenters. The molecule has 4 nitrogen and oxygen atoms in total. The molecule has 0 bridgehead atoms. The van der Waals surface area contributed by atoms with Crippen molar-refractivity contribution in [1.29, 1.82) is 0 Å². The van der Waals surface area contributed by atoms with E-state index in [9.17, 15) is 4.79 Å². The van der Waals surface area contributed by atoms with Crippen LogP contribution in [0.15, 0.2) is 35.9 Å². The third kappa shape index (κ3) is 4.65. The zero-order valence-corrected chi connectivity index (χ0v) is 13.2. The number of carbonyl (C=O) groups excluding carboxylic acids is 1. The van der Waals surface area contributed by atoms with Crippen molar-refractivity contribution in [3.05, 3.63) is 41.5 Å². The summed E-state index contributed by atoms with van der Waals surface area (Å²) in [6.07, 6.45) is 10.3. The Bertz CT molecular complexity index is 576. The highest BCUT2D eigenvalue weighted by molar-refractivity contribution is 5.91. The van der Waals surface area contributed by atoms with Crippen LogP contribution in [0.5, 0.6) is 11.5 Å². The molecule has 1 aliphatic rings. The largest absolute Gasteiger partial charge is 0.493 e. The van der Waals surface area contributed by atoms with Gasteiger partial charge in [-0.05, 0) is 49.5 Å². The summed E-state index contributed by atoms with van der Waals surface area (Å²) >= 11 is 0. The summed E-state index contributed by atoms with van der Waals surface area (Å²) < 4.78 is 10.4. The van der Waals surface area contributed by atoms with Crippen LogP contribution in [0.1, 0.15) is 31.2 Å². The number of amides is 1. The molecule has 1 amide bonds. The minimum atomic E-state index is -0.0822. The Kier molecular flexibility index (Phi) is 6.07. The minimum Gasteiger partial charge on any atom is -0.493 e. The molecule has 0 saturated heterocycles. The van der Waals surface area contributed by atoms with Gasteiger partial charge >= 0.3 is 0 Å². The van der Waals surface area contributed by atoms with Gasteiger partial charge < -0.3 is 14.8 Å². The molecule has 2 rings (SSSR count). The Hall–Kier alpha value is -2.23. The fraction of sp³-hybridized carbons (Fsp3) is 0.389. The van der Waals surface area contributed by atoms with Crippen LogP contribution in [-0.4, -0.2) is 26.7 Å². The number of nitrogens with one attached hydrogen (secondary N) is 1. The number of methoxy groups -OCH3 is 2. The first kappa shape index (κ1) is 16.1. The SMILES string of the molecule is COc1ccc(/C=C/C(=O)NCC2=CCCCC2)cc1OC. The van der Waals surface area contributed by atoms with Gasteiger partial charge in [0.05, 0.1) is 14.2 Å². The molecule has 0 radical (unpaired) electrons. The molecule has 0 fully saturated rings. The zero-order valence-electron chi connectivity index (χ0n) is 13.2. The number of rotatable bonds is 6. The van der Waals surface area contributed by atoms with Crippen molar-refractivity contribution >= 4 is 12.0 Å². The standard InChI is InChI=1S/C18H23NO3/c1-21-16-10-8-14(12-17(16)22-2)9-11-18(20)19-13-15-6-4-3-5-7-15/h6,8-12H,3-5,7,13H2,1-2H3,(H,19,20)/b11-9+. The van der Waals surface area contributed by atoms with E-state index < -0.39 is 0 Å². The van der Waals surface area contributed by atoms with Crippen LogP contribution in [0, 0.1) is 0 Å². The number of carbonyl (C=O) groups is 1. The smallest absolute Gasteiger partial charge is 0.244 e. The number of benzene rings is 1. The zero-order chi connectivity index (χ0) is 15.8. The van der Waals surface area contributed by atoms with E-state index in [-0.39, 0.29) is 5.91 Å². The quantitative estimate of drug-likeness (QED) is 0.647. The Balaban J connectivity index is 1.90. The fourth-order valence-electron chi connectivity index (χ4n) is 2.45. The average molecular weight is 301 g/mol. The first-order valence-electron chi connectivity index (χ1n) is 7.59. The van der Waals surface area contributed by atoms with E-state index in [0.29, 0.717) is 18.0 Å². The summed E-state index contributed by atoms with van der Waals surface area (Å²) in [5.41, 5.74) is 2.23. The summed E-state index contributed by atoms with van der Waals surface area (Å²) in [4.78, 5) is 11.9. The van der Waals surface area contributed by atoms with Crippen LogP contribution in [0.3, 0.4) is 0 Å². The Morgan fingerprint density at radius 2 is 2.05 bits per heavy atom. The first-order valence-corrected chi connectivity index (χ1v) is 7.59. The van der Waals surface area contributed by atoms with Crippen molar-refractivity contribution in [2.45, 2.75) is 25.7 Å². The maximum atomic E-state index is 11.9. The van der Waals surface area contributed by atoms with E-state index in [1.165, 1.54) is 18.4 Å². The molecule has 0 heterocycles. The summed E-state index contributed by atoms with van der Waals surface area (Å²) in [6, 6.07) is 5.55. The van der Waals surface area contributed by atoms with Gasteiger partial charge in [0.1, 0.15) is 0 Å². The predicted octanol–water partition coefficient (Wildman–Crippen LogP) is 3.33. The second-order valence-corrected chi connectivity index (χ2v) is 5.27. The van der Waals surface area contributed by atoms with Gasteiger partial charge in [0, 0.05) is 12.6 Å². The molecule has 22 heavy (non-hydrogen) atoms. The van der Waals surface area contributed by atoms with Gasteiger partial charge in [0.2, 0.25) is 5.91 Å². The molecule has 1 aromatic rings. The van der Waals surface area contributed by atoms with Crippen molar-refractivity contribution < 1.29 is 14.3 Å². The molecule has 0 saturated carbocycles. The van der Waals surface area contributed by atoms with Crippen LogP contribution < -0.4 is 14.8 Å². The summed E-state index contributed by atoms with van der Waals surface area (Å²) in [5, 5.41) is 2.92. The molecular weight excluding hydrogens is 278 g/mol. The van der Waals surface area contributed by atoms with Gasteiger partial charge in [-0.15, -0.1) is 0 Å². The lowest BCUT2D eigenvalue weighted by Crippen LogP contribution is -2.24. The van der Waals surface area contributed by atoms with E-state index in [0.717, 1.165) is 18.4 Å². The fourth-order valence-corrected chi connectivity index (χ4v) is 2.45. The van der Waals surface area contributed by atoms with Gasteiger partial charge in [-0.1, -0.05) is 17.7 Å². The van der Waals surface area contributed by atoms with Crippen molar-refractivity contribution in [3.63, 3.8) is 0 Å². The number of hydrogen-bond acceptors (Lipinski definition) is 3. The lowest BCUT2D eigenvalue weighted by Gasteiger charge is -2.12. The number of ether oxygens (including phenoxy) is 2. The molecular formula is C18H23NO3. The highest BCUT2D eigenvalue weighted by atomic mass is 16.5. The van der Waals surface area contributed by atoms with Crippen LogP contribution in [0.25, 0.3) is 6.08 Å². The molecule has 0 aromatic heterocycles. The lowest BCUT2D eigenvalue weighted by atomic mass is 10.00. The van der Waals surface area contributed by atoms with Crippen LogP contribution >= 0.6 is 0 Å². The highest BCUT2D eigenvalue weighted by Gasteiger charge is 2.05. The maximum absolute atomic E-state index is 11.9. The average Bonchev–Trinajstić information content (AvgIpc) is 2.58. The van der Waals surface area contributed by atoms with E-state index in [4.69, 9.17) is 9.47 Å². The molecule has 0 atom stereocenters. The second kappa shape index (κ2) is 8.27. The van der Waals surface area contributed by atoms with Gasteiger partial charge in [0.15, 0.2) is 11.5 Å². The third-order valence-corrected chi connectivity index (χ3v) is 3.71. The normalized spacial score (nSPS) is 14.5. The molecule has 1 N–H and O–H groups in total. The Labute approximate surface area is 131 Å². The summed E-state index contributed by atoms with van der Waals surface area (Å²) in [7, 11) is 3.19. The summed E-state index contributed by atoms with van der Waals surface area (Å²) in [5.74, 6) is 1.24. The van der Waals surface area contributed by atoms with Crippen LogP contribution in [0.2, 0.25) is 0 Å². The number of allylic oxidation sites excluding steroid dienone is 1. The first-order chi connectivity index (χ1) is 10.7. The van der Waals surface area contributed by atoms with Gasteiger partial charge in [0.25, 0.3) is 0 Å². The monoisotopic (exact) mass is 301 g/mol. The van der Waals surface area contributed by atoms with Crippen molar-refractivity contribution in [2.24, 2.45) is 0 Å². The number of hydrogen-bond donors (Lipinski definition) is 1. The van der Waals surface area contributed by atoms with Crippen LogP contribution in [-0.2, 0) is 4.79 Å². The molecule has 0 spiro atoms. The van der Waals surface area contributed by atoms with Gasteiger partial charge in [-0.25, -0.2) is 0 Å². The molecule has 4 heteroatoms. The van der Waals surface area contributed by atoms with Gasteiger partial charge in [-0.2, -0.15) is 0 Å². The maximum Gasteiger partial charge on any atom is 0.244 e. The van der Waals surface area contributed by atoms with Crippen molar-refractivity contribution in [3.8, 4) is 11.5 Å². The highest BCUT2D eigenvalue weighted by Crippen LogP contribution is 2.27. The van der Waals surface area contributed by atoms with Crippen LogP contribution in [0.4, 0.5) is 0 Å². The van der Waals surface area contributed by atoms with E-state index >= 15 is 0 Å². The van der Waals surface area contributed by atoms with E-state index in [1.807, 2.05) is 18.2 Å². The summed E-state index contributed by atoms with van der Waals surface area (Å²) in [6.45, 7) is 0.648. The molecule has 0 aliphatic heterocycles. The molecule has 1 aromatic carbocycles. The topological polar surface area (TPSA) is 47.6 Å². The van der Waals surface area contributed by atoms with E-state index in [2.05, 4.69) is 11.4 Å². The molecule has 1 aliphatic carbocycles. The second-order valence-electron chi connectivity index (χ2n) is 5.27. The minimum absolute atomic E-state index is 0.0822. The Morgan fingerprint density at radius 3 is 2.73 bits per heavy atom. The van der Waals surface area contributed by atoms with Crippen molar-refractivity contribution in [1.82, 2.24) is 5.32 Å². The lowest BCUT2D eigenvalue weighted by molar-refractivity contribution is -0.116. The van der Waals surface area contributed by atoms with E-state index in [1.54, 1.807) is 26.4 Å². The van der Waals surface area contributed by atoms with Gasteiger partial charge in [-0.3, -0.25) is 4.79 Å². The molecule has 118 valence electrons. The predicted molar refractivity (Wildman–Crippen MR) is 88.1 cm³/mol.